The summed E-state index contributed by atoms with van der Waals surface area (Å²) in [5.74, 6) is 1.49. The summed E-state index contributed by atoms with van der Waals surface area (Å²) >= 11 is 0. The van der Waals surface area contributed by atoms with Crippen molar-refractivity contribution in [2.75, 3.05) is 26.2 Å². The van der Waals surface area contributed by atoms with Crippen LogP contribution in [0.5, 0.6) is 5.75 Å². The van der Waals surface area contributed by atoms with E-state index in [1.165, 1.54) is 0 Å². The molecule has 0 aliphatic carbocycles. The number of carbonyl (C=O) groups is 1. The molecule has 0 aromatic heterocycles. The Morgan fingerprint density at radius 2 is 2.15 bits per heavy atom. The summed E-state index contributed by atoms with van der Waals surface area (Å²) in [6.45, 7) is 7.35. The Morgan fingerprint density at radius 1 is 1.40 bits per heavy atom. The summed E-state index contributed by atoms with van der Waals surface area (Å²) < 4.78 is 5.60. The molecule has 1 fully saturated rings. The Labute approximate surface area is 121 Å². The van der Waals surface area contributed by atoms with Crippen molar-refractivity contribution in [3.05, 3.63) is 30.3 Å². The maximum atomic E-state index is 12.3. The predicted molar refractivity (Wildman–Crippen MR) is 79.8 cm³/mol. The highest BCUT2D eigenvalue weighted by Gasteiger charge is 2.28. The lowest BCUT2D eigenvalue weighted by Gasteiger charge is -2.38. The third-order valence-electron chi connectivity index (χ3n) is 3.70. The van der Waals surface area contributed by atoms with Crippen LogP contribution in [-0.4, -0.2) is 43.1 Å². The zero-order chi connectivity index (χ0) is 14.4. The Balaban J connectivity index is 1.81. The molecule has 4 nitrogen and oxygen atoms in total. The molecule has 1 atom stereocenters. The van der Waals surface area contributed by atoms with Gasteiger partial charge in [0.2, 0.25) is 5.91 Å². The average Bonchev–Trinajstić information content (AvgIpc) is 2.48. The van der Waals surface area contributed by atoms with Crippen molar-refractivity contribution in [1.82, 2.24) is 10.2 Å². The first-order valence-corrected chi connectivity index (χ1v) is 7.36. The molecule has 1 aromatic rings. The van der Waals surface area contributed by atoms with Crippen LogP contribution in [0.4, 0.5) is 0 Å². The van der Waals surface area contributed by atoms with Crippen molar-refractivity contribution in [2.45, 2.75) is 26.3 Å². The third-order valence-corrected chi connectivity index (χ3v) is 3.70. The van der Waals surface area contributed by atoms with Gasteiger partial charge in [0.05, 0.1) is 13.0 Å². The first-order valence-electron chi connectivity index (χ1n) is 7.36. The van der Waals surface area contributed by atoms with E-state index in [2.05, 4.69) is 19.2 Å². The Morgan fingerprint density at radius 3 is 2.85 bits per heavy atom. The molecule has 1 aliphatic rings. The summed E-state index contributed by atoms with van der Waals surface area (Å²) in [5.41, 5.74) is 0. The van der Waals surface area contributed by atoms with Gasteiger partial charge in [-0.3, -0.25) is 4.79 Å². The topological polar surface area (TPSA) is 41.6 Å². The van der Waals surface area contributed by atoms with Crippen LogP contribution in [0.2, 0.25) is 0 Å². The molecule has 1 saturated heterocycles. The van der Waals surface area contributed by atoms with Gasteiger partial charge in [0.25, 0.3) is 0 Å². The standard InChI is InChI=1S/C16H24N2O2/c1-13(2)15-12-17-9-10-18(15)16(19)8-11-20-14-6-4-3-5-7-14/h3-7,13,15,17H,8-12H2,1-2H3. The number of hydrogen-bond donors (Lipinski definition) is 1. The van der Waals surface area contributed by atoms with Crippen LogP contribution in [-0.2, 0) is 4.79 Å². The van der Waals surface area contributed by atoms with Gasteiger partial charge in [-0.1, -0.05) is 32.0 Å². The van der Waals surface area contributed by atoms with Crippen LogP contribution in [0.25, 0.3) is 0 Å². The predicted octanol–water partition coefficient (Wildman–Crippen LogP) is 1.91. The van der Waals surface area contributed by atoms with E-state index < -0.39 is 0 Å². The number of benzene rings is 1. The van der Waals surface area contributed by atoms with Crippen molar-refractivity contribution in [3.8, 4) is 5.75 Å². The van der Waals surface area contributed by atoms with Crippen molar-refractivity contribution < 1.29 is 9.53 Å². The second-order valence-corrected chi connectivity index (χ2v) is 5.51. The summed E-state index contributed by atoms with van der Waals surface area (Å²) in [7, 11) is 0. The third kappa shape index (κ3) is 3.97. The summed E-state index contributed by atoms with van der Waals surface area (Å²) in [4.78, 5) is 14.3. The number of nitrogens with one attached hydrogen (secondary N) is 1. The fourth-order valence-electron chi connectivity index (χ4n) is 2.55. The molecule has 1 aromatic carbocycles. The lowest BCUT2D eigenvalue weighted by molar-refractivity contribution is -0.135. The molecular weight excluding hydrogens is 252 g/mol. The molecule has 2 rings (SSSR count). The molecule has 1 amide bonds. The molecule has 0 bridgehead atoms. The lowest BCUT2D eigenvalue weighted by Crippen LogP contribution is -2.55. The van der Waals surface area contributed by atoms with Crippen LogP contribution in [0, 0.1) is 5.92 Å². The highest BCUT2D eigenvalue weighted by molar-refractivity contribution is 5.76. The van der Waals surface area contributed by atoms with E-state index in [4.69, 9.17) is 4.74 Å². The number of amides is 1. The van der Waals surface area contributed by atoms with Gasteiger partial charge in [-0.15, -0.1) is 0 Å². The number of nitrogens with zero attached hydrogens (tertiary/aromatic N) is 1. The van der Waals surface area contributed by atoms with Gasteiger partial charge in [-0.05, 0) is 18.1 Å². The summed E-state index contributed by atoms with van der Waals surface area (Å²) in [5, 5.41) is 3.36. The van der Waals surface area contributed by atoms with E-state index in [1.807, 2.05) is 35.2 Å². The molecule has 110 valence electrons. The van der Waals surface area contributed by atoms with Crippen molar-refractivity contribution >= 4 is 5.91 Å². The van der Waals surface area contributed by atoms with E-state index >= 15 is 0 Å². The van der Waals surface area contributed by atoms with Crippen LogP contribution < -0.4 is 10.1 Å². The Hall–Kier alpha value is -1.55. The fourth-order valence-corrected chi connectivity index (χ4v) is 2.55. The van der Waals surface area contributed by atoms with Gasteiger partial charge in [0.1, 0.15) is 5.75 Å². The quantitative estimate of drug-likeness (QED) is 0.893. The smallest absolute Gasteiger partial charge is 0.226 e. The first kappa shape index (κ1) is 14.9. The van der Waals surface area contributed by atoms with Gasteiger partial charge in [0, 0.05) is 25.7 Å². The number of rotatable bonds is 5. The van der Waals surface area contributed by atoms with E-state index in [1.54, 1.807) is 0 Å². The molecule has 20 heavy (non-hydrogen) atoms. The number of hydrogen-bond acceptors (Lipinski definition) is 3. The largest absolute Gasteiger partial charge is 0.493 e. The highest BCUT2D eigenvalue weighted by atomic mass is 16.5. The maximum absolute atomic E-state index is 12.3. The van der Waals surface area contributed by atoms with Gasteiger partial charge >= 0.3 is 0 Å². The van der Waals surface area contributed by atoms with E-state index in [9.17, 15) is 4.79 Å². The van der Waals surface area contributed by atoms with Gasteiger partial charge in [0.15, 0.2) is 0 Å². The van der Waals surface area contributed by atoms with Gasteiger partial charge in [-0.25, -0.2) is 0 Å². The van der Waals surface area contributed by atoms with Crippen LogP contribution >= 0.6 is 0 Å². The van der Waals surface area contributed by atoms with E-state index in [-0.39, 0.29) is 5.91 Å². The summed E-state index contributed by atoms with van der Waals surface area (Å²) in [6, 6.07) is 9.93. The minimum absolute atomic E-state index is 0.195. The first-order chi connectivity index (χ1) is 9.68. The molecule has 1 N–H and O–H groups in total. The molecule has 1 unspecified atom stereocenters. The van der Waals surface area contributed by atoms with E-state index in [0.29, 0.717) is 25.0 Å². The molecule has 1 heterocycles. The van der Waals surface area contributed by atoms with Crippen LogP contribution in [0.3, 0.4) is 0 Å². The second kappa shape index (κ2) is 7.29. The monoisotopic (exact) mass is 276 g/mol. The Kier molecular flexibility index (Phi) is 5.41. The van der Waals surface area contributed by atoms with Crippen molar-refractivity contribution in [1.29, 1.82) is 0 Å². The minimum Gasteiger partial charge on any atom is -0.493 e. The molecule has 0 saturated carbocycles. The zero-order valence-corrected chi connectivity index (χ0v) is 12.3. The highest BCUT2D eigenvalue weighted by Crippen LogP contribution is 2.15. The lowest BCUT2D eigenvalue weighted by atomic mass is 10.0. The maximum Gasteiger partial charge on any atom is 0.226 e. The molecule has 0 spiro atoms. The van der Waals surface area contributed by atoms with Crippen molar-refractivity contribution in [2.24, 2.45) is 5.92 Å². The fraction of sp³-hybridized carbons (Fsp3) is 0.562. The number of piperazine rings is 1. The molecular formula is C16H24N2O2. The molecule has 1 aliphatic heterocycles. The Bertz CT molecular complexity index is 420. The van der Waals surface area contributed by atoms with Crippen LogP contribution in [0.15, 0.2) is 30.3 Å². The van der Waals surface area contributed by atoms with Gasteiger partial charge in [-0.2, -0.15) is 0 Å². The minimum atomic E-state index is 0.195. The van der Waals surface area contributed by atoms with Gasteiger partial charge < -0.3 is 15.0 Å². The zero-order valence-electron chi connectivity index (χ0n) is 12.3. The van der Waals surface area contributed by atoms with E-state index in [0.717, 1.165) is 25.4 Å². The average molecular weight is 276 g/mol. The van der Waals surface area contributed by atoms with Crippen LogP contribution in [0.1, 0.15) is 20.3 Å². The number of ether oxygens (including phenoxy) is 1. The SMILES string of the molecule is CC(C)C1CNCCN1C(=O)CCOc1ccccc1. The number of carbonyl (C=O) groups excluding carboxylic acids is 1. The summed E-state index contributed by atoms with van der Waals surface area (Å²) in [6.07, 6.45) is 0.443. The molecule has 0 radical (unpaired) electrons. The molecule has 4 heteroatoms. The van der Waals surface area contributed by atoms with Crippen molar-refractivity contribution in [3.63, 3.8) is 0 Å². The normalized spacial score (nSPS) is 19.1. The number of para-hydroxylation sites is 1. The second-order valence-electron chi connectivity index (χ2n) is 5.51.